The van der Waals surface area contributed by atoms with E-state index in [0.717, 1.165) is 51.0 Å². The molecule has 128 valence electrons. The molecule has 1 fully saturated rings. The first-order valence-corrected chi connectivity index (χ1v) is 9.00. The van der Waals surface area contributed by atoms with Crippen LogP contribution in [0.4, 0.5) is 0 Å². The lowest BCUT2D eigenvalue weighted by molar-refractivity contribution is -0.0224. The maximum absolute atomic E-state index is 10.9. The molecule has 0 amide bonds. The van der Waals surface area contributed by atoms with Crippen LogP contribution >= 0.6 is 0 Å². The van der Waals surface area contributed by atoms with E-state index in [0.29, 0.717) is 0 Å². The Morgan fingerprint density at radius 2 is 1.71 bits per heavy atom. The van der Waals surface area contributed by atoms with Gasteiger partial charge in [-0.3, -0.25) is 9.88 Å². The number of nitrogens with zero attached hydrogens (tertiary/aromatic N) is 2. The monoisotopic (exact) mass is 324 g/mol. The van der Waals surface area contributed by atoms with Gasteiger partial charge in [0.05, 0.1) is 5.60 Å². The molecule has 0 bridgehead atoms. The SMILES string of the molecule is CCc1ccc(CN2CCC(O)(Cc3ccc(C)cc3)CC2)cn1. The van der Waals surface area contributed by atoms with E-state index in [-0.39, 0.29) is 0 Å². The summed E-state index contributed by atoms with van der Waals surface area (Å²) >= 11 is 0. The first-order chi connectivity index (χ1) is 11.6. The minimum absolute atomic E-state index is 0.559. The second-order valence-corrected chi connectivity index (χ2v) is 7.17. The summed E-state index contributed by atoms with van der Waals surface area (Å²) in [6.45, 7) is 7.04. The van der Waals surface area contributed by atoms with Crippen LogP contribution in [0.1, 0.15) is 42.1 Å². The number of aromatic nitrogens is 1. The van der Waals surface area contributed by atoms with Crippen molar-refractivity contribution in [3.63, 3.8) is 0 Å². The average Bonchev–Trinajstić information content (AvgIpc) is 2.60. The quantitative estimate of drug-likeness (QED) is 0.914. The smallest absolute Gasteiger partial charge is 0.0712 e. The van der Waals surface area contributed by atoms with E-state index < -0.39 is 5.60 Å². The molecule has 2 heterocycles. The number of likely N-dealkylation sites (tertiary alicyclic amines) is 1. The number of pyridine rings is 1. The normalized spacial score (nSPS) is 17.8. The molecule has 0 spiro atoms. The van der Waals surface area contributed by atoms with Crippen LogP contribution in [0, 0.1) is 6.92 Å². The van der Waals surface area contributed by atoms with Crippen molar-refractivity contribution in [2.45, 2.75) is 51.7 Å². The molecule has 1 aromatic heterocycles. The minimum Gasteiger partial charge on any atom is -0.389 e. The molecule has 1 aliphatic rings. The Balaban J connectivity index is 1.53. The molecule has 3 nitrogen and oxygen atoms in total. The number of piperidine rings is 1. The Bertz CT molecular complexity index is 641. The third-order valence-corrected chi connectivity index (χ3v) is 5.09. The molecule has 0 unspecified atom stereocenters. The highest BCUT2D eigenvalue weighted by atomic mass is 16.3. The fourth-order valence-electron chi connectivity index (χ4n) is 3.41. The Labute approximate surface area is 145 Å². The second-order valence-electron chi connectivity index (χ2n) is 7.17. The molecular weight excluding hydrogens is 296 g/mol. The van der Waals surface area contributed by atoms with E-state index in [4.69, 9.17) is 0 Å². The van der Waals surface area contributed by atoms with Crippen molar-refractivity contribution in [3.8, 4) is 0 Å². The minimum atomic E-state index is -0.559. The largest absolute Gasteiger partial charge is 0.389 e. The van der Waals surface area contributed by atoms with Gasteiger partial charge in [0.25, 0.3) is 0 Å². The van der Waals surface area contributed by atoms with Crippen molar-refractivity contribution in [2.75, 3.05) is 13.1 Å². The van der Waals surface area contributed by atoms with Crippen molar-refractivity contribution in [2.24, 2.45) is 0 Å². The Kier molecular flexibility index (Phi) is 5.32. The van der Waals surface area contributed by atoms with Crippen LogP contribution in [0.3, 0.4) is 0 Å². The van der Waals surface area contributed by atoms with Gasteiger partial charge in [0, 0.05) is 37.9 Å². The standard InChI is InChI=1S/C21H28N2O/c1-3-20-9-8-19(15-22-20)16-23-12-10-21(24,11-13-23)14-18-6-4-17(2)5-7-18/h4-9,15,24H,3,10-14,16H2,1-2H3. The molecule has 1 aliphatic heterocycles. The molecular formula is C21H28N2O. The summed E-state index contributed by atoms with van der Waals surface area (Å²) in [6.07, 6.45) is 5.40. The van der Waals surface area contributed by atoms with Crippen LogP contribution in [0.5, 0.6) is 0 Å². The van der Waals surface area contributed by atoms with Crippen LogP contribution < -0.4 is 0 Å². The Hall–Kier alpha value is -1.71. The molecule has 0 aliphatic carbocycles. The average molecular weight is 324 g/mol. The molecule has 0 atom stereocenters. The molecule has 0 saturated carbocycles. The lowest BCUT2D eigenvalue weighted by Gasteiger charge is -2.38. The second kappa shape index (κ2) is 7.45. The number of aliphatic hydroxyl groups is 1. The van der Waals surface area contributed by atoms with Gasteiger partial charge in [0.1, 0.15) is 0 Å². The van der Waals surface area contributed by atoms with Crippen molar-refractivity contribution in [3.05, 3.63) is 65.0 Å². The van der Waals surface area contributed by atoms with Gasteiger partial charge in [-0.25, -0.2) is 0 Å². The summed E-state index contributed by atoms with van der Waals surface area (Å²) in [6, 6.07) is 12.8. The number of rotatable bonds is 5. The topological polar surface area (TPSA) is 36.4 Å². The van der Waals surface area contributed by atoms with Gasteiger partial charge in [-0.15, -0.1) is 0 Å². The maximum atomic E-state index is 10.9. The zero-order valence-corrected chi connectivity index (χ0v) is 14.8. The summed E-state index contributed by atoms with van der Waals surface area (Å²) in [7, 11) is 0. The van der Waals surface area contributed by atoms with Gasteiger partial charge >= 0.3 is 0 Å². The molecule has 0 radical (unpaired) electrons. The summed E-state index contributed by atoms with van der Waals surface area (Å²) < 4.78 is 0. The van der Waals surface area contributed by atoms with Gasteiger partial charge in [0.15, 0.2) is 0 Å². The van der Waals surface area contributed by atoms with E-state index in [1.165, 1.54) is 16.7 Å². The maximum Gasteiger partial charge on any atom is 0.0712 e. The van der Waals surface area contributed by atoms with Crippen molar-refractivity contribution >= 4 is 0 Å². The molecule has 1 N–H and O–H groups in total. The number of hydrogen-bond acceptors (Lipinski definition) is 3. The third-order valence-electron chi connectivity index (χ3n) is 5.09. The predicted molar refractivity (Wildman–Crippen MR) is 98.0 cm³/mol. The lowest BCUT2D eigenvalue weighted by Crippen LogP contribution is -2.45. The zero-order chi connectivity index (χ0) is 17.0. The predicted octanol–water partition coefficient (Wildman–Crippen LogP) is 3.52. The molecule has 2 aromatic rings. The molecule has 3 heteroatoms. The number of hydrogen-bond donors (Lipinski definition) is 1. The number of benzene rings is 1. The van der Waals surface area contributed by atoms with E-state index in [2.05, 4.69) is 60.1 Å². The van der Waals surface area contributed by atoms with Crippen molar-refractivity contribution in [1.29, 1.82) is 0 Å². The molecule has 1 saturated heterocycles. The lowest BCUT2D eigenvalue weighted by atomic mass is 9.85. The molecule has 3 rings (SSSR count). The summed E-state index contributed by atoms with van der Waals surface area (Å²) in [5, 5.41) is 10.9. The summed E-state index contributed by atoms with van der Waals surface area (Å²) in [5.41, 5.74) is 4.34. The highest BCUT2D eigenvalue weighted by molar-refractivity contribution is 5.23. The van der Waals surface area contributed by atoms with Crippen molar-refractivity contribution < 1.29 is 5.11 Å². The fourth-order valence-corrected chi connectivity index (χ4v) is 3.41. The highest BCUT2D eigenvalue weighted by Gasteiger charge is 2.32. The van der Waals surface area contributed by atoms with Crippen LogP contribution in [0.25, 0.3) is 0 Å². The van der Waals surface area contributed by atoms with Gasteiger partial charge in [-0.1, -0.05) is 42.8 Å². The van der Waals surface area contributed by atoms with Crippen LogP contribution in [0.15, 0.2) is 42.6 Å². The summed E-state index contributed by atoms with van der Waals surface area (Å²) in [5.74, 6) is 0. The number of aryl methyl sites for hydroxylation is 2. The van der Waals surface area contributed by atoms with Gasteiger partial charge in [-0.05, 0) is 43.4 Å². The van der Waals surface area contributed by atoms with Gasteiger partial charge in [-0.2, -0.15) is 0 Å². The highest BCUT2D eigenvalue weighted by Crippen LogP contribution is 2.27. The zero-order valence-electron chi connectivity index (χ0n) is 14.8. The Morgan fingerprint density at radius 1 is 1.04 bits per heavy atom. The van der Waals surface area contributed by atoms with E-state index in [1.807, 2.05) is 6.20 Å². The first-order valence-electron chi connectivity index (χ1n) is 9.00. The van der Waals surface area contributed by atoms with Crippen LogP contribution in [-0.4, -0.2) is 33.7 Å². The first kappa shape index (κ1) is 17.1. The van der Waals surface area contributed by atoms with Gasteiger partial charge < -0.3 is 5.11 Å². The van der Waals surface area contributed by atoms with E-state index in [9.17, 15) is 5.11 Å². The molecule has 24 heavy (non-hydrogen) atoms. The van der Waals surface area contributed by atoms with Crippen LogP contribution in [-0.2, 0) is 19.4 Å². The van der Waals surface area contributed by atoms with Crippen molar-refractivity contribution in [1.82, 2.24) is 9.88 Å². The van der Waals surface area contributed by atoms with E-state index in [1.54, 1.807) is 0 Å². The third kappa shape index (κ3) is 4.43. The van der Waals surface area contributed by atoms with Gasteiger partial charge in [0.2, 0.25) is 0 Å². The Morgan fingerprint density at radius 3 is 2.29 bits per heavy atom. The summed E-state index contributed by atoms with van der Waals surface area (Å²) in [4.78, 5) is 6.90. The van der Waals surface area contributed by atoms with Crippen LogP contribution in [0.2, 0.25) is 0 Å². The molecule has 1 aromatic carbocycles. The van der Waals surface area contributed by atoms with E-state index >= 15 is 0 Å². The fraction of sp³-hybridized carbons (Fsp3) is 0.476.